The molecule has 1 heterocycles. The van der Waals surface area contributed by atoms with Crippen LogP contribution in [-0.2, 0) is 14.4 Å². The molecule has 1 N–H and O–H groups in total. The molecule has 0 aromatic heterocycles. The summed E-state index contributed by atoms with van der Waals surface area (Å²) in [6.07, 6.45) is 12.7. The maximum Gasteiger partial charge on any atom is 0.338 e. The van der Waals surface area contributed by atoms with Gasteiger partial charge in [0.1, 0.15) is 0 Å². The number of carbonyl (C=O) groups is 2. The van der Waals surface area contributed by atoms with E-state index >= 15 is 0 Å². The van der Waals surface area contributed by atoms with Crippen molar-refractivity contribution in [2.75, 3.05) is 13.1 Å². The van der Waals surface area contributed by atoms with Crippen LogP contribution in [0, 0.1) is 40.4 Å². The zero-order chi connectivity index (χ0) is 22.5. The first-order chi connectivity index (χ1) is 15.3. The van der Waals surface area contributed by atoms with E-state index in [0.717, 1.165) is 63.2 Å². The summed E-state index contributed by atoms with van der Waals surface area (Å²) in [5.74, 6) is 2.76. The quantitative estimate of drug-likeness (QED) is 0.379. The van der Waals surface area contributed by atoms with E-state index < -0.39 is 0 Å². The summed E-state index contributed by atoms with van der Waals surface area (Å²) in [5, 5.41) is 7.71. The van der Waals surface area contributed by atoms with Crippen molar-refractivity contribution < 1.29 is 14.4 Å². The Labute approximate surface area is 192 Å². The Morgan fingerprint density at radius 1 is 1.03 bits per heavy atom. The van der Waals surface area contributed by atoms with Crippen molar-refractivity contribution in [2.24, 2.45) is 45.6 Å². The highest BCUT2D eigenvalue weighted by atomic mass is 16.7. The molecule has 32 heavy (non-hydrogen) atoms. The lowest BCUT2D eigenvalue weighted by Gasteiger charge is -2.58. The number of rotatable bonds is 3. The summed E-state index contributed by atoms with van der Waals surface area (Å²) < 4.78 is 0. The summed E-state index contributed by atoms with van der Waals surface area (Å²) in [6.45, 7) is 8.78. The van der Waals surface area contributed by atoms with E-state index in [9.17, 15) is 9.59 Å². The van der Waals surface area contributed by atoms with Crippen LogP contribution in [-0.4, -0.2) is 30.6 Å². The van der Waals surface area contributed by atoms with E-state index in [-0.39, 0.29) is 22.7 Å². The maximum atomic E-state index is 12.5. The van der Waals surface area contributed by atoms with Crippen molar-refractivity contribution in [3.63, 3.8) is 0 Å². The van der Waals surface area contributed by atoms with E-state index in [1.807, 2.05) is 6.08 Å². The maximum absolute atomic E-state index is 12.5. The highest BCUT2D eigenvalue weighted by molar-refractivity contribution is 5.91. The van der Waals surface area contributed by atoms with Gasteiger partial charge in [0.15, 0.2) is 5.78 Å². The van der Waals surface area contributed by atoms with Crippen LogP contribution in [0.5, 0.6) is 0 Å². The molecule has 0 aromatic rings. The summed E-state index contributed by atoms with van der Waals surface area (Å²) >= 11 is 0. The van der Waals surface area contributed by atoms with E-state index in [0.29, 0.717) is 23.5 Å². The van der Waals surface area contributed by atoms with Gasteiger partial charge in [0.25, 0.3) is 0 Å². The SMILES string of the molecule is CC(=NOC(=O)C1CCNCC1)[C@H]1CC[C@H]2C3CCC4=CC(=O)CC[C@]4(C)C3CC[C@]12C. The van der Waals surface area contributed by atoms with Gasteiger partial charge in [0.2, 0.25) is 0 Å². The van der Waals surface area contributed by atoms with Crippen molar-refractivity contribution in [3.05, 3.63) is 11.6 Å². The first-order valence-corrected chi connectivity index (χ1v) is 13.0. The molecule has 0 aromatic carbocycles. The van der Waals surface area contributed by atoms with E-state index in [2.05, 4.69) is 31.2 Å². The molecule has 4 aliphatic carbocycles. The van der Waals surface area contributed by atoms with E-state index in [1.165, 1.54) is 31.3 Å². The van der Waals surface area contributed by atoms with Crippen molar-refractivity contribution >= 4 is 17.5 Å². The zero-order valence-corrected chi connectivity index (χ0v) is 20.1. The molecule has 0 spiro atoms. The van der Waals surface area contributed by atoms with Crippen LogP contribution in [0.2, 0.25) is 0 Å². The molecule has 0 radical (unpaired) electrons. The van der Waals surface area contributed by atoms with Crippen LogP contribution >= 0.6 is 0 Å². The van der Waals surface area contributed by atoms with Gasteiger partial charge in [-0.3, -0.25) is 4.79 Å². The number of ketones is 1. The molecule has 1 saturated heterocycles. The third kappa shape index (κ3) is 3.59. The molecule has 5 aliphatic rings. The highest BCUT2D eigenvalue weighted by Crippen LogP contribution is 2.66. The van der Waals surface area contributed by atoms with Crippen molar-refractivity contribution in [3.8, 4) is 0 Å². The fraction of sp³-hybridized carbons (Fsp3) is 0.815. The minimum Gasteiger partial charge on any atom is -0.318 e. The molecular weight excluding hydrogens is 400 g/mol. The summed E-state index contributed by atoms with van der Waals surface area (Å²) in [6, 6.07) is 0. The second-order valence-electron chi connectivity index (χ2n) is 11.8. The molecule has 5 nitrogen and oxygen atoms in total. The van der Waals surface area contributed by atoms with Gasteiger partial charge >= 0.3 is 5.97 Å². The molecule has 2 unspecified atom stereocenters. The second-order valence-corrected chi connectivity index (χ2v) is 11.8. The lowest BCUT2D eigenvalue weighted by atomic mass is 9.46. The molecule has 176 valence electrons. The van der Waals surface area contributed by atoms with E-state index in [1.54, 1.807) is 0 Å². The number of hydrogen-bond donors (Lipinski definition) is 1. The minimum atomic E-state index is -0.152. The van der Waals surface area contributed by atoms with Crippen LogP contribution in [0.4, 0.5) is 0 Å². The Morgan fingerprint density at radius 3 is 2.59 bits per heavy atom. The Balaban J connectivity index is 1.30. The molecule has 5 rings (SSSR count). The molecule has 0 amide bonds. The van der Waals surface area contributed by atoms with E-state index in [4.69, 9.17) is 4.84 Å². The third-order valence-corrected chi connectivity index (χ3v) is 10.4. The summed E-state index contributed by atoms with van der Waals surface area (Å²) in [4.78, 5) is 30.0. The van der Waals surface area contributed by atoms with Gasteiger partial charge in [0.05, 0.1) is 11.6 Å². The lowest BCUT2D eigenvalue weighted by molar-refractivity contribution is -0.149. The summed E-state index contributed by atoms with van der Waals surface area (Å²) in [5.41, 5.74) is 2.93. The molecule has 4 fully saturated rings. The van der Waals surface area contributed by atoms with Gasteiger partial charge in [-0.25, -0.2) is 4.79 Å². The lowest BCUT2D eigenvalue weighted by Crippen LogP contribution is -2.51. The zero-order valence-electron chi connectivity index (χ0n) is 20.1. The molecular formula is C27H40N2O3. The number of hydrogen-bond acceptors (Lipinski definition) is 5. The van der Waals surface area contributed by atoms with Crippen LogP contribution < -0.4 is 5.32 Å². The van der Waals surface area contributed by atoms with Crippen LogP contribution in [0.3, 0.4) is 0 Å². The number of nitrogens with one attached hydrogen (secondary N) is 1. The molecule has 3 saturated carbocycles. The first kappa shape index (κ1) is 22.3. The number of oxime groups is 1. The van der Waals surface area contributed by atoms with Crippen molar-refractivity contribution in [1.29, 1.82) is 0 Å². The molecule has 1 aliphatic heterocycles. The van der Waals surface area contributed by atoms with Gasteiger partial charge in [-0.15, -0.1) is 0 Å². The predicted molar refractivity (Wildman–Crippen MR) is 125 cm³/mol. The largest absolute Gasteiger partial charge is 0.338 e. The number of carbonyl (C=O) groups excluding carboxylic acids is 2. The smallest absolute Gasteiger partial charge is 0.318 e. The van der Waals surface area contributed by atoms with Gasteiger partial charge in [-0.2, -0.15) is 0 Å². The van der Waals surface area contributed by atoms with Gasteiger partial charge < -0.3 is 10.2 Å². The Morgan fingerprint density at radius 2 is 1.81 bits per heavy atom. The second kappa shape index (κ2) is 8.38. The number of fused-ring (bicyclic) bond motifs is 5. The minimum absolute atomic E-state index is 0.0113. The normalized spacial score (nSPS) is 42.5. The number of piperidine rings is 1. The average molecular weight is 441 g/mol. The third-order valence-electron chi connectivity index (χ3n) is 10.4. The average Bonchev–Trinajstić information content (AvgIpc) is 3.15. The predicted octanol–water partition coefficient (Wildman–Crippen LogP) is 5.05. The molecule has 0 bridgehead atoms. The van der Waals surface area contributed by atoms with Crippen LogP contribution in [0.25, 0.3) is 0 Å². The van der Waals surface area contributed by atoms with Crippen LogP contribution in [0.1, 0.15) is 85.0 Å². The van der Waals surface area contributed by atoms with Gasteiger partial charge in [-0.1, -0.05) is 24.6 Å². The monoisotopic (exact) mass is 440 g/mol. The fourth-order valence-electron chi connectivity index (χ4n) is 8.56. The number of nitrogens with zero attached hydrogens (tertiary/aromatic N) is 1. The summed E-state index contributed by atoms with van der Waals surface area (Å²) in [7, 11) is 0. The van der Waals surface area contributed by atoms with Crippen LogP contribution in [0.15, 0.2) is 16.8 Å². The fourth-order valence-corrected chi connectivity index (χ4v) is 8.56. The van der Waals surface area contributed by atoms with Gasteiger partial charge in [-0.05, 0) is 112 Å². The Hall–Kier alpha value is -1.49. The topological polar surface area (TPSA) is 67.8 Å². The first-order valence-electron chi connectivity index (χ1n) is 13.0. The highest BCUT2D eigenvalue weighted by Gasteiger charge is 2.59. The molecule has 5 heteroatoms. The van der Waals surface area contributed by atoms with Gasteiger partial charge in [0, 0.05) is 12.3 Å². The van der Waals surface area contributed by atoms with Crippen molar-refractivity contribution in [2.45, 2.75) is 85.0 Å². The number of allylic oxidation sites excluding steroid dienone is 1. The standard InChI is InChI=1S/C27H40N2O3/c1-17(29-32-25(31)18-10-14-28-15-11-18)22-6-7-23-21-5-4-19-16-20(30)8-12-26(19,2)24(21)9-13-27(22,23)3/h16,18,21-24,28H,4-15H2,1-3H3/t21?,22-,23+,24?,26+,27-/m1/s1. The Kier molecular flexibility index (Phi) is 5.84. The molecule has 6 atom stereocenters. The Bertz CT molecular complexity index is 842. The van der Waals surface area contributed by atoms with Crippen molar-refractivity contribution in [1.82, 2.24) is 5.32 Å².